The number of pyridine rings is 1. The Balaban J connectivity index is 1.68. The van der Waals surface area contributed by atoms with Gasteiger partial charge in [-0.15, -0.1) is 0 Å². The van der Waals surface area contributed by atoms with Crippen LogP contribution in [0.4, 0.5) is 4.79 Å². The summed E-state index contributed by atoms with van der Waals surface area (Å²) in [4.78, 5) is 32.0. The molecule has 0 saturated carbocycles. The normalized spacial score (nSPS) is 16.3. The van der Waals surface area contributed by atoms with Crippen molar-refractivity contribution in [3.8, 4) is 0 Å². The van der Waals surface area contributed by atoms with Gasteiger partial charge in [-0.25, -0.2) is 4.79 Å². The van der Waals surface area contributed by atoms with Crippen LogP contribution in [-0.2, 0) is 11.3 Å². The van der Waals surface area contributed by atoms with Gasteiger partial charge < -0.3 is 5.32 Å². The van der Waals surface area contributed by atoms with Gasteiger partial charge in [0.1, 0.15) is 0 Å². The number of piperazine rings is 1. The quantitative estimate of drug-likeness (QED) is 0.823. The second kappa shape index (κ2) is 8.59. The monoisotopic (exact) mass is 319 g/mol. The summed E-state index contributed by atoms with van der Waals surface area (Å²) in [5.74, 6) is -0.263. The zero-order valence-electron chi connectivity index (χ0n) is 13.8. The Kier molecular flexibility index (Phi) is 6.49. The van der Waals surface area contributed by atoms with Crippen LogP contribution in [-0.4, -0.2) is 65.5 Å². The second-order valence-corrected chi connectivity index (χ2v) is 6.05. The molecule has 0 atom stereocenters. The van der Waals surface area contributed by atoms with Crippen molar-refractivity contribution in [3.05, 3.63) is 30.1 Å². The molecular weight excluding hydrogens is 294 g/mol. The van der Waals surface area contributed by atoms with E-state index in [0.717, 1.165) is 38.4 Å². The molecule has 2 heterocycles. The molecule has 0 aromatic carbocycles. The standard InChI is InChI=1S/C16H25N5O2/c1-13(2)18-16(23)19-15(22)12-21-9-7-20(8-10-21)11-14-5-3-4-6-17-14/h3-6,13H,7-12H2,1-2H3,(H2,18,19,22,23). The minimum absolute atomic E-state index is 0.0120. The SMILES string of the molecule is CC(C)NC(=O)NC(=O)CN1CCN(Cc2ccccn2)CC1. The van der Waals surface area contributed by atoms with Gasteiger partial charge >= 0.3 is 6.03 Å². The smallest absolute Gasteiger partial charge is 0.321 e. The molecule has 0 spiro atoms. The van der Waals surface area contributed by atoms with Gasteiger partial charge in [-0.3, -0.25) is 24.9 Å². The van der Waals surface area contributed by atoms with Crippen LogP contribution in [0.1, 0.15) is 19.5 Å². The number of carbonyl (C=O) groups is 2. The molecule has 1 aliphatic rings. The van der Waals surface area contributed by atoms with Crippen molar-refractivity contribution in [2.75, 3.05) is 32.7 Å². The van der Waals surface area contributed by atoms with Gasteiger partial charge in [-0.1, -0.05) is 6.07 Å². The van der Waals surface area contributed by atoms with E-state index >= 15 is 0 Å². The van der Waals surface area contributed by atoms with E-state index in [4.69, 9.17) is 0 Å². The Hall–Kier alpha value is -1.99. The summed E-state index contributed by atoms with van der Waals surface area (Å²) in [7, 11) is 0. The van der Waals surface area contributed by atoms with Crippen LogP contribution in [0.15, 0.2) is 24.4 Å². The highest BCUT2D eigenvalue weighted by atomic mass is 16.2. The third-order valence-electron chi connectivity index (χ3n) is 3.62. The molecule has 0 aliphatic carbocycles. The van der Waals surface area contributed by atoms with Crippen LogP contribution < -0.4 is 10.6 Å². The Bertz CT molecular complexity index is 512. The molecule has 2 rings (SSSR count). The first-order chi connectivity index (χ1) is 11.0. The minimum Gasteiger partial charge on any atom is -0.336 e. The number of hydrogen-bond donors (Lipinski definition) is 2. The van der Waals surface area contributed by atoms with Crippen molar-refractivity contribution in [2.45, 2.75) is 26.4 Å². The highest BCUT2D eigenvalue weighted by Gasteiger charge is 2.20. The Morgan fingerprint density at radius 2 is 1.87 bits per heavy atom. The molecule has 0 bridgehead atoms. The Morgan fingerprint density at radius 3 is 2.48 bits per heavy atom. The van der Waals surface area contributed by atoms with E-state index in [1.807, 2.05) is 32.0 Å². The third kappa shape index (κ3) is 6.33. The van der Waals surface area contributed by atoms with E-state index in [0.29, 0.717) is 0 Å². The fraction of sp³-hybridized carbons (Fsp3) is 0.562. The first-order valence-electron chi connectivity index (χ1n) is 7.98. The van der Waals surface area contributed by atoms with Gasteiger partial charge in [0.25, 0.3) is 0 Å². The lowest BCUT2D eigenvalue weighted by Crippen LogP contribution is -2.51. The van der Waals surface area contributed by atoms with Crippen LogP contribution in [0.3, 0.4) is 0 Å². The second-order valence-electron chi connectivity index (χ2n) is 6.05. The van der Waals surface area contributed by atoms with Gasteiger partial charge in [0.15, 0.2) is 0 Å². The summed E-state index contributed by atoms with van der Waals surface area (Å²) >= 11 is 0. The molecule has 0 unspecified atom stereocenters. The molecule has 0 radical (unpaired) electrons. The molecule has 1 saturated heterocycles. The number of nitrogens with one attached hydrogen (secondary N) is 2. The molecule has 2 N–H and O–H groups in total. The van der Waals surface area contributed by atoms with Crippen molar-refractivity contribution in [1.29, 1.82) is 0 Å². The van der Waals surface area contributed by atoms with Gasteiger partial charge in [0.05, 0.1) is 12.2 Å². The maximum Gasteiger partial charge on any atom is 0.321 e. The summed E-state index contributed by atoms with van der Waals surface area (Å²) in [6.45, 7) is 8.19. The summed E-state index contributed by atoms with van der Waals surface area (Å²) in [5.41, 5.74) is 1.06. The van der Waals surface area contributed by atoms with Gasteiger partial charge in [-0.2, -0.15) is 0 Å². The highest BCUT2D eigenvalue weighted by Crippen LogP contribution is 2.06. The molecule has 23 heavy (non-hydrogen) atoms. The number of amides is 3. The van der Waals surface area contributed by atoms with Gasteiger partial charge in [0.2, 0.25) is 5.91 Å². The van der Waals surface area contributed by atoms with Crippen LogP contribution in [0, 0.1) is 0 Å². The number of imide groups is 1. The van der Waals surface area contributed by atoms with E-state index in [9.17, 15) is 9.59 Å². The average Bonchev–Trinajstić information content (AvgIpc) is 2.49. The third-order valence-corrected chi connectivity index (χ3v) is 3.62. The maximum absolute atomic E-state index is 11.8. The highest BCUT2D eigenvalue weighted by molar-refractivity contribution is 5.95. The molecule has 3 amide bonds. The van der Waals surface area contributed by atoms with Crippen molar-refractivity contribution in [1.82, 2.24) is 25.4 Å². The number of nitrogens with zero attached hydrogens (tertiary/aromatic N) is 3. The fourth-order valence-corrected chi connectivity index (χ4v) is 2.49. The minimum atomic E-state index is -0.432. The van der Waals surface area contributed by atoms with Crippen LogP contribution in [0.2, 0.25) is 0 Å². The fourth-order valence-electron chi connectivity index (χ4n) is 2.49. The van der Waals surface area contributed by atoms with Crippen LogP contribution in [0.25, 0.3) is 0 Å². The molecule has 126 valence electrons. The van der Waals surface area contributed by atoms with E-state index in [2.05, 4.69) is 25.4 Å². The number of carbonyl (C=O) groups excluding carboxylic acids is 2. The van der Waals surface area contributed by atoms with Crippen molar-refractivity contribution < 1.29 is 9.59 Å². The predicted octanol–water partition coefficient (Wildman–Crippen LogP) is 0.433. The summed E-state index contributed by atoms with van der Waals surface area (Å²) in [6, 6.07) is 5.50. The molecular formula is C16H25N5O2. The molecule has 1 fully saturated rings. The van der Waals surface area contributed by atoms with E-state index in [1.54, 1.807) is 6.20 Å². The number of rotatable bonds is 5. The lowest BCUT2D eigenvalue weighted by Gasteiger charge is -2.34. The Labute approximate surface area is 137 Å². The summed E-state index contributed by atoms with van der Waals surface area (Å²) < 4.78 is 0. The largest absolute Gasteiger partial charge is 0.336 e. The molecule has 7 heteroatoms. The predicted molar refractivity (Wildman–Crippen MR) is 87.8 cm³/mol. The van der Waals surface area contributed by atoms with Crippen molar-refractivity contribution >= 4 is 11.9 Å². The lowest BCUT2D eigenvalue weighted by atomic mass is 10.2. The van der Waals surface area contributed by atoms with E-state index in [1.165, 1.54) is 0 Å². The van der Waals surface area contributed by atoms with Crippen molar-refractivity contribution in [2.24, 2.45) is 0 Å². The van der Waals surface area contributed by atoms with Gasteiger partial charge in [0, 0.05) is 45.0 Å². The number of urea groups is 1. The summed E-state index contributed by atoms with van der Waals surface area (Å²) in [5, 5.41) is 5.00. The Morgan fingerprint density at radius 1 is 1.17 bits per heavy atom. The van der Waals surface area contributed by atoms with E-state index < -0.39 is 6.03 Å². The maximum atomic E-state index is 11.8. The van der Waals surface area contributed by atoms with Gasteiger partial charge in [-0.05, 0) is 26.0 Å². The number of aromatic nitrogens is 1. The average molecular weight is 319 g/mol. The lowest BCUT2D eigenvalue weighted by molar-refractivity contribution is -0.121. The molecule has 1 aliphatic heterocycles. The topological polar surface area (TPSA) is 77.6 Å². The van der Waals surface area contributed by atoms with Crippen molar-refractivity contribution in [3.63, 3.8) is 0 Å². The van der Waals surface area contributed by atoms with Crippen LogP contribution >= 0.6 is 0 Å². The zero-order valence-corrected chi connectivity index (χ0v) is 13.8. The first kappa shape index (κ1) is 17.4. The molecule has 1 aromatic rings. The zero-order chi connectivity index (χ0) is 16.7. The summed E-state index contributed by atoms with van der Waals surface area (Å²) in [6.07, 6.45) is 1.80. The van der Waals surface area contributed by atoms with Crippen LogP contribution in [0.5, 0.6) is 0 Å². The first-order valence-corrected chi connectivity index (χ1v) is 7.98. The molecule has 1 aromatic heterocycles. The van der Waals surface area contributed by atoms with E-state index in [-0.39, 0.29) is 18.5 Å². The molecule has 7 nitrogen and oxygen atoms in total. The number of hydrogen-bond acceptors (Lipinski definition) is 5.